The Bertz CT molecular complexity index is 1700. The quantitative estimate of drug-likeness (QED) is 0.200. The molecule has 12 heteroatoms. The fourth-order valence-electron chi connectivity index (χ4n) is 3.93. The van der Waals surface area contributed by atoms with E-state index in [9.17, 15) is 17.6 Å². The molecular formula is C27H22ClFN4O5S. The molecule has 1 N–H and O–H groups in total. The van der Waals surface area contributed by atoms with Gasteiger partial charge in [0, 0.05) is 17.0 Å². The number of carbonyl (C=O) groups excluding carboxylic acids is 1. The predicted molar refractivity (Wildman–Crippen MR) is 146 cm³/mol. The minimum atomic E-state index is -4.28. The van der Waals surface area contributed by atoms with Crippen LogP contribution in [0.3, 0.4) is 0 Å². The average Bonchev–Trinajstić information content (AvgIpc) is 2.92. The van der Waals surface area contributed by atoms with Gasteiger partial charge in [-0.15, -0.1) is 0 Å². The number of hydrogen-bond donors (Lipinski definition) is 1. The van der Waals surface area contributed by atoms with E-state index in [1.165, 1.54) is 36.5 Å². The molecule has 0 fully saturated rings. The average molecular weight is 569 g/mol. The number of halogens is 2. The summed E-state index contributed by atoms with van der Waals surface area (Å²) in [6, 6.07) is 16.4. The Balaban J connectivity index is 1.38. The lowest BCUT2D eigenvalue weighted by Gasteiger charge is -2.25. The number of fused-ring (bicyclic) bond motifs is 2. The van der Waals surface area contributed by atoms with Crippen molar-refractivity contribution >= 4 is 50.3 Å². The van der Waals surface area contributed by atoms with Crippen molar-refractivity contribution < 1.29 is 27.1 Å². The van der Waals surface area contributed by atoms with Crippen LogP contribution in [0.2, 0.25) is 5.15 Å². The van der Waals surface area contributed by atoms with E-state index in [-0.39, 0.29) is 28.1 Å². The number of anilines is 1. The van der Waals surface area contributed by atoms with Crippen molar-refractivity contribution in [3.63, 3.8) is 0 Å². The third-order valence-corrected chi connectivity index (χ3v) is 7.92. The number of benzene rings is 3. The van der Waals surface area contributed by atoms with Crippen molar-refractivity contribution in [2.24, 2.45) is 5.10 Å². The molecule has 9 nitrogen and oxygen atoms in total. The second kappa shape index (κ2) is 10.9. The zero-order valence-corrected chi connectivity index (χ0v) is 22.2. The summed E-state index contributed by atoms with van der Waals surface area (Å²) in [5.41, 5.74) is 4.63. The summed E-state index contributed by atoms with van der Waals surface area (Å²) in [5, 5.41) is 4.97. The molecule has 1 aliphatic heterocycles. The number of aromatic nitrogens is 1. The third-order valence-electron chi connectivity index (χ3n) is 5.85. The summed E-state index contributed by atoms with van der Waals surface area (Å²) >= 11 is 6.27. The van der Waals surface area contributed by atoms with E-state index >= 15 is 0 Å². The number of nitrogens with zero attached hydrogens (tertiary/aromatic N) is 3. The van der Waals surface area contributed by atoms with Crippen LogP contribution in [-0.4, -0.2) is 45.3 Å². The van der Waals surface area contributed by atoms with E-state index < -0.39 is 28.3 Å². The predicted octanol–water partition coefficient (Wildman–Crippen LogP) is 4.45. The van der Waals surface area contributed by atoms with Gasteiger partial charge in [0.05, 0.1) is 22.3 Å². The summed E-state index contributed by atoms with van der Waals surface area (Å²) in [4.78, 5) is 17.1. The zero-order chi connectivity index (χ0) is 27.6. The molecule has 0 saturated carbocycles. The van der Waals surface area contributed by atoms with E-state index in [4.69, 9.17) is 21.1 Å². The molecule has 3 aromatic carbocycles. The van der Waals surface area contributed by atoms with Crippen LogP contribution in [0.4, 0.5) is 10.1 Å². The second-order valence-electron chi connectivity index (χ2n) is 8.65. The number of sulfonamides is 1. The Morgan fingerprint density at radius 1 is 1.08 bits per heavy atom. The van der Waals surface area contributed by atoms with E-state index in [0.29, 0.717) is 17.9 Å². The minimum Gasteiger partial charge on any atom is -0.486 e. The minimum absolute atomic E-state index is 0.0856. The molecule has 39 heavy (non-hydrogen) atoms. The molecule has 1 amide bonds. The third kappa shape index (κ3) is 5.79. The molecule has 1 aromatic heterocycles. The first-order valence-electron chi connectivity index (χ1n) is 11.8. The number of carbonyl (C=O) groups is 1. The van der Waals surface area contributed by atoms with Crippen LogP contribution in [0.1, 0.15) is 11.1 Å². The van der Waals surface area contributed by atoms with Gasteiger partial charge in [-0.2, -0.15) is 5.10 Å². The molecule has 0 spiro atoms. The molecule has 0 saturated heterocycles. The normalized spacial score (nSPS) is 13.0. The number of ether oxygens (including phenoxy) is 2. The topological polar surface area (TPSA) is 110 Å². The van der Waals surface area contributed by atoms with Crippen LogP contribution < -0.4 is 19.2 Å². The monoisotopic (exact) mass is 568 g/mol. The van der Waals surface area contributed by atoms with E-state index in [2.05, 4.69) is 15.5 Å². The van der Waals surface area contributed by atoms with Crippen LogP contribution in [0.15, 0.2) is 76.7 Å². The first-order chi connectivity index (χ1) is 18.7. The van der Waals surface area contributed by atoms with Gasteiger partial charge in [0.25, 0.3) is 15.9 Å². The van der Waals surface area contributed by atoms with Gasteiger partial charge < -0.3 is 9.47 Å². The van der Waals surface area contributed by atoms with E-state index in [1.54, 1.807) is 6.07 Å². The summed E-state index contributed by atoms with van der Waals surface area (Å²) in [6.07, 6.45) is 1.32. The Hall–Kier alpha value is -4.22. The Labute approximate surface area is 228 Å². The number of hydrazone groups is 1. The number of rotatable bonds is 7. The molecule has 1 aliphatic rings. The van der Waals surface area contributed by atoms with Gasteiger partial charge in [0.1, 0.15) is 30.7 Å². The van der Waals surface area contributed by atoms with Gasteiger partial charge in [-0.1, -0.05) is 23.7 Å². The SMILES string of the molecule is Cc1ccc2cc(/C=N\NC(=O)CN(c3ccc(F)cc3)S(=O)(=O)c3ccc4c(c3)OCCO4)c(Cl)nc2c1. The van der Waals surface area contributed by atoms with Crippen LogP contribution in [0.5, 0.6) is 11.5 Å². The van der Waals surface area contributed by atoms with Crippen molar-refractivity contribution in [3.05, 3.63) is 88.8 Å². The standard InChI is InChI=1S/C27H22ClFN4O5S/c1-17-2-3-18-13-19(27(28)31-23(18)12-17)15-30-32-26(34)16-33(21-6-4-20(29)5-7-21)39(35,36)22-8-9-24-25(14-22)38-11-10-37-24/h2-9,12-15H,10-11,16H2,1H3,(H,32,34)/b30-15-. The molecule has 5 rings (SSSR count). The van der Waals surface area contributed by atoms with Gasteiger partial charge in [0.2, 0.25) is 0 Å². The fraction of sp³-hybridized carbons (Fsp3) is 0.148. The largest absolute Gasteiger partial charge is 0.486 e. The van der Waals surface area contributed by atoms with Gasteiger partial charge in [0.15, 0.2) is 11.5 Å². The molecule has 0 bridgehead atoms. The maximum absolute atomic E-state index is 13.6. The maximum atomic E-state index is 13.6. The number of nitrogens with one attached hydrogen (secondary N) is 1. The lowest BCUT2D eigenvalue weighted by molar-refractivity contribution is -0.119. The highest BCUT2D eigenvalue weighted by molar-refractivity contribution is 7.92. The van der Waals surface area contributed by atoms with Crippen molar-refractivity contribution in [1.82, 2.24) is 10.4 Å². The lowest BCUT2D eigenvalue weighted by Crippen LogP contribution is -2.39. The summed E-state index contributed by atoms with van der Waals surface area (Å²) in [7, 11) is -4.28. The molecule has 2 heterocycles. The Morgan fingerprint density at radius 2 is 1.82 bits per heavy atom. The molecule has 200 valence electrons. The molecule has 4 aromatic rings. The van der Waals surface area contributed by atoms with E-state index in [1.807, 2.05) is 25.1 Å². The van der Waals surface area contributed by atoms with Crippen molar-refractivity contribution in [3.8, 4) is 11.5 Å². The highest BCUT2D eigenvalue weighted by Gasteiger charge is 2.29. The van der Waals surface area contributed by atoms with Crippen molar-refractivity contribution in [2.45, 2.75) is 11.8 Å². The number of pyridine rings is 1. The summed E-state index contributed by atoms with van der Waals surface area (Å²) in [5.74, 6) is -0.609. The molecular weight excluding hydrogens is 547 g/mol. The first kappa shape index (κ1) is 26.4. The maximum Gasteiger partial charge on any atom is 0.264 e. The zero-order valence-electron chi connectivity index (χ0n) is 20.6. The number of amides is 1. The highest BCUT2D eigenvalue weighted by atomic mass is 35.5. The second-order valence-corrected chi connectivity index (χ2v) is 10.9. The van der Waals surface area contributed by atoms with Gasteiger partial charge in [-0.25, -0.2) is 23.2 Å². The number of hydrogen-bond acceptors (Lipinski definition) is 7. The van der Waals surface area contributed by atoms with Crippen molar-refractivity contribution in [2.75, 3.05) is 24.1 Å². The fourth-order valence-corrected chi connectivity index (χ4v) is 5.57. The van der Waals surface area contributed by atoms with Crippen LogP contribution in [0, 0.1) is 12.7 Å². The van der Waals surface area contributed by atoms with Gasteiger partial charge >= 0.3 is 0 Å². The first-order valence-corrected chi connectivity index (χ1v) is 13.6. The molecule has 0 radical (unpaired) electrons. The molecule has 0 atom stereocenters. The molecule has 0 unspecified atom stereocenters. The van der Waals surface area contributed by atoms with Crippen LogP contribution >= 0.6 is 11.6 Å². The molecule has 0 aliphatic carbocycles. The van der Waals surface area contributed by atoms with Gasteiger partial charge in [-0.05, 0) is 61.0 Å². The highest BCUT2D eigenvalue weighted by Crippen LogP contribution is 2.34. The summed E-state index contributed by atoms with van der Waals surface area (Å²) < 4.78 is 52.7. The number of aryl methyl sites for hydroxylation is 1. The van der Waals surface area contributed by atoms with E-state index in [0.717, 1.165) is 32.9 Å². The Kier molecular flexibility index (Phi) is 7.36. The smallest absolute Gasteiger partial charge is 0.264 e. The lowest BCUT2D eigenvalue weighted by atomic mass is 10.1. The Morgan fingerprint density at radius 3 is 2.59 bits per heavy atom. The van der Waals surface area contributed by atoms with Crippen LogP contribution in [-0.2, 0) is 14.8 Å². The summed E-state index contributed by atoms with van der Waals surface area (Å²) in [6.45, 7) is 1.93. The van der Waals surface area contributed by atoms with Gasteiger partial charge in [-0.3, -0.25) is 9.10 Å². The van der Waals surface area contributed by atoms with Crippen molar-refractivity contribution in [1.29, 1.82) is 0 Å². The van der Waals surface area contributed by atoms with Crippen LogP contribution in [0.25, 0.3) is 10.9 Å².